The highest BCUT2D eigenvalue weighted by Gasteiger charge is 2.17. The fourth-order valence-corrected chi connectivity index (χ4v) is 2.47. The summed E-state index contributed by atoms with van der Waals surface area (Å²) in [6, 6.07) is 10.3. The second-order valence-corrected chi connectivity index (χ2v) is 6.80. The lowest BCUT2D eigenvalue weighted by molar-refractivity contribution is -0.122. The van der Waals surface area contributed by atoms with E-state index in [4.69, 9.17) is 29.2 Å². The molecule has 2 amide bonds. The largest absolute Gasteiger partial charge is 0.425 e. The number of rotatable bonds is 2. The Bertz CT molecular complexity index is 741. The quantitative estimate of drug-likeness (QED) is 0.404. The van der Waals surface area contributed by atoms with Gasteiger partial charge in [-0.15, -0.1) is 12.6 Å². The number of aryl methyl sites for hydroxylation is 1. The summed E-state index contributed by atoms with van der Waals surface area (Å²) < 4.78 is 25.3. The smallest absolute Gasteiger partial charge is 0.400 e. The molecule has 1 aromatic carbocycles. The lowest BCUT2D eigenvalue weighted by atomic mass is 9.99. The number of aliphatic hydroxyl groups is 1. The third-order valence-electron chi connectivity index (χ3n) is 4.00. The normalized spacial score (nSPS) is 16.2. The topological polar surface area (TPSA) is 182 Å². The maximum atomic E-state index is 10.5. The molecule has 0 unspecified atom stereocenters. The van der Waals surface area contributed by atoms with E-state index in [-0.39, 0.29) is 17.7 Å². The number of amides is 2. The molecule has 7 N–H and O–H groups in total. The number of hydrogen-bond donors (Lipinski definition) is 5. The van der Waals surface area contributed by atoms with Gasteiger partial charge in [0, 0.05) is 32.0 Å². The minimum Gasteiger partial charge on any atom is -0.400 e. The van der Waals surface area contributed by atoms with Crippen LogP contribution in [0.15, 0.2) is 42.1 Å². The van der Waals surface area contributed by atoms with Crippen LogP contribution in [0.25, 0.3) is 0 Å². The summed E-state index contributed by atoms with van der Waals surface area (Å²) in [6.45, 7) is 4.84. The van der Waals surface area contributed by atoms with Gasteiger partial charge < -0.3 is 27.2 Å². The van der Waals surface area contributed by atoms with Crippen LogP contribution >= 0.6 is 0 Å². The molecular formula is C20H34N4O6S. The van der Waals surface area contributed by atoms with Gasteiger partial charge in [0.25, 0.3) is 0 Å². The van der Waals surface area contributed by atoms with Crippen molar-refractivity contribution in [3.8, 4) is 0 Å². The van der Waals surface area contributed by atoms with Gasteiger partial charge in [0.15, 0.2) is 0 Å². The first kappa shape index (κ1) is 30.4. The maximum absolute atomic E-state index is 10.5. The van der Waals surface area contributed by atoms with Gasteiger partial charge in [0.05, 0.1) is 5.92 Å². The second-order valence-electron chi connectivity index (χ2n) is 6.40. The number of carbonyl (C=O) groups is 2. The second kappa shape index (κ2) is 20.5. The Kier molecular flexibility index (Phi) is 20.1. The van der Waals surface area contributed by atoms with Crippen LogP contribution in [0.3, 0.4) is 0 Å². The van der Waals surface area contributed by atoms with E-state index in [0.717, 1.165) is 52.4 Å². The fraction of sp³-hybridized carbons (Fsp3) is 0.500. The third kappa shape index (κ3) is 20.3. The third-order valence-corrected chi connectivity index (χ3v) is 4.00. The van der Waals surface area contributed by atoms with E-state index >= 15 is 0 Å². The highest BCUT2D eigenvalue weighted by atomic mass is 32.2. The Hall–Kier alpha value is -2.76. The van der Waals surface area contributed by atoms with Crippen molar-refractivity contribution in [3.05, 3.63) is 47.7 Å². The van der Waals surface area contributed by atoms with Crippen molar-refractivity contribution < 1.29 is 27.3 Å². The van der Waals surface area contributed by atoms with Gasteiger partial charge in [-0.25, -0.2) is 0 Å². The van der Waals surface area contributed by atoms with Gasteiger partial charge in [-0.3, -0.25) is 9.59 Å². The van der Waals surface area contributed by atoms with Crippen molar-refractivity contribution in [1.29, 1.82) is 0 Å². The van der Waals surface area contributed by atoms with Crippen LogP contribution in [0, 0.1) is 12.8 Å². The molecule has 2 aliphatic heterocycles. The molecule has 2 aliphatic rings. The molecule has 1 fully saturated rings. The van der Waals surface area contributed by atoms with Crippen LogP contribution in [-0.4, -0.2) is 56.3 Å². The van der Waals surface area contributed by atoms with E-state index in [1.54, 1.807) is 6.20 Å². The van der Waals surface area contributed by atoms with Gasteiger partial charge in [-0.05, 0) is 39.2 Å². The first-order chi connectivity index (χ1) is 14.7. The van der Waals surface area contributed by atoms with E-state index in [9.17, 15) is 9.59 Å². The van der Waals surface area contributed by atoms with E-state index in [2.05, 4.69) is 29.7 Å². The molecule has 3 rings (SSSR count). The summed E-state index contributed by atoms with van der Waals surface area (Å²) in [5.74, 6) is -0.386. The van der Waals surface area contributed by atoms with Crippen LogP contribution in [0.1, 0.15) is 31.2 Å². The number of primary amides is 2. The Morgan fingerprint density at radius 2 is 1.61 bits per heavy atom. The van der Waals surface area contributed by atoms with Crippen LogP contribution in [-0.2, 0) is 20.2 Å². The molecule has 1 atom stereocenters. The summed E-state index contributed by atoms with van der Waals surface area (Å²) in [7, 11) is -2.11. The number of benzene rings is 1. The van der Waals surface area contributed by atoms with Gasteiger partial charge in [-0.1, -0.05) is 35.9 Å². The molecular weight excluding hydrogens is 424 g/mol. The zero-order valence-corrected chi connectivity index (χ0v) is 18.9. The molecule has 0 spiro atoms. The minimum atomic E-state index is -3.11. The lowest BCUT2D eigenvalue weighted by Gasteiger charge is -2.18. The summed E-state index contributed by atoms with van der Waals surface area (Å²) in [5, 5.41) is 13.1. The molecule has 31 heavy (non-hydrogen) atoms. The standard InChI is InChI=1S/C7H8.C6H12N2O.C6H10N2O.CH4O.O3S/c1-7-5-3-2-4-6-7;2*7-6(9)5-2-1-3-8-4-5;1-2;1-4(2)3/h2-6H,1H3;5,8H,1-4H2,(H2,7,9);4,8H,1-3H2,(H2,7,9);2H,1H3;/t;5-;;;/m.1.../s1. The molecule has 0 saturated carbocycles. The van der Waals surface area contributed by atoms with Gasteiger partial charge in [0.2, 0.25) is 11.8 Å². The Labute approximate surface area is 185 Å². The molecule has 10 nitrogen and oxygen atoms in total. The van der Waals surface area contributed by atoms with Crippen molar-refractivity contribution in [2.45, 2.75) is 32.6 Å². The Morgan fingerprint density at radius 3 is 1.87 bits per heavy atom. The van der Waals surface area contributed by atoms with E-state index in [1.165, 1.54) is 5.56 Å². The van der Waals surface area contributed by atoms with Crippen molar-refractivity contribution in [2.24, 2.45) is 17.4 Å². The summed E-state index contributed by atoms with van der Waals surface area (Å²) in [6.07, 6.45) is 5.57. The molecule has 0 aliphatic carbocycles. The lowest BCUT2D eigenvalue weighted by Crippen LogP contribution is -2.37. The predicted molar refractivity (Wildman–Crippen MR) is 118 cm³/mol. The number of hydrogen-bond acceptors (Lipinski definition) is 8. The maximum Gasteiger partial charge on any atom is 0.425 e. The number of piperidine rings is 1. The number of aliphatic hydroxyl groups excluding tert-OH is 1. The molecule has 0 aromatic heterocycles. The minimum absolute atomic E-state index is 0.0822. The summed E-state index contributed by atoms with van der Waals surface area (Å²) in [4.78, 5) is 21.0. The van der Waals surface area contributed by atoms with Gasteiger partial charge in [0.1, 0.15) is 0 Å². The molecule has 1 aromatic rings. The molecule has 0 radical (unpaired) electrons. The molecule has 11 heteroatoms. The zero-order valence-electron chi connectivity index (χ0n) is 18.0. The van der Waals surface area contributed by atoms with Crippen LogP contribution in [0.4, 0.5) is 0 Å². The fourth-order valence-electron chi connectivity index (χ4n) is 2.47. The molecule has 1 saturated heterocycles. The van der Waals surface area contributed by atoms with Gasteiger partial charge >= 0.3 is 10.6 Å². The first-order valence-electron chi connectivity index (χ1n) is 9.69. The monoisotopic (exact) mass is 458 g/mol. The average Bonchev–Trinajstić information content (AvgIpc) is 2.77. The average molecular weight is 459 g/mol. The number of nitrogens with one attached hydrogen (secondary N) is 2. The van der Waals surface area contributed by atoms with Crippen molar-refractivity contribution >= 4 is 22.4 Å². The summed E-state index contributed by atoms with van der Waals surface area (Å²) in [5.41, 5.74) is 12.1. The number of carbonyl (C=O) groups excluding carboxylic acids is 2. The van der Waals surface area contributed by atoms with E-state index in [0.29, 0.717) is 5.57 Å². The Balaban J connectivity index is 0. The van der Waals surface area contributed by atoms with Crippen molar-refractivity contribution in [1.82, 2.24) is 10.6 Å². The molecule has 0 bridgehead atoms. The first-order valence-corrected chi connectivity index (χ1v) is 10.7. The zero-order chi connectivity index (χ0) is 24.1. The molecule has 176 valence electrons. The van der Waals surface area contributed by atoms with E-state index in [1.807, 2.05) is 18.2 Å². The van der Waals surface area contributed by atoms with Crippen LogP contribution < -0.4 is 22.1 Å². The van der Waals surface area contributed by atoms with Gasteiger partial charge in [-0.2, -0.15) is 0 Å². The number of nitrogens with two attached hydrogens (primary N) is 2. The van der Waals surface area contributed by atoms with Crippen LogP contribution in [0.2, 0.25) is 0 Å². The molecule has 2 heterocycles. The van der Waals surface area contributed by atoms with E-state index < -0.39 is 10.6 Å². The Morgan fingerprint density at radius 1 is 1.03 bits per heavy atom. The summed E-state index contributed by atoms with van der Waals surface area (Å²) >= 11 is 0. The van der Waals surface area contributed by atoms with Crippen molar-refractivity contribution in [2.75, 3.05) is 26.7 Å². The van der Waals surface area contributed by atoms with Crippen LogP contribution in [0.5, 0.6) is 0 Å². The highest BCUT2D eigenvalue weighted by Crippen LogP contribution is 2.08. The highest BCUT2D eigenvalue weighted by molar-refractivity contribution is 7.59. The SMILES string of the molecule is CO.Cc1ccccc1.NC(=O)C1=CNCCC1.NC(=O)[C@@H]1CCCNC1.O=S(=O)=O. The van der Waals surface area contributed by atoms with Crippen molar-refractivity contribution in [3.63, 3.8) is 0 Å². The predicted octanol–water partition coefficient (Wildman–Crippen LogP) is -0.190.